The molecule has 2 aliphatic rings. The van der Waals surface area contributed by atoms with Crippen molar-refractivity contribution in [3.8, 4) is 0 Å². The van der Waals surface area contributed by atoms with Crippen LogP contribution in [-0.4, -0.2) is 23.7 Å². The lowest BCUT2D eigenvalue weighted by Gasteiger charge is -2.45. The Morgan fingerprint density at radius 2 is 2.14 bits per heavy atom. The summed E-state index contributed by atoms with van der Waals surface area (Å²) < 4.78 is 8.51. The Morgan fingerprint density at radius 1 is 1.38 bits per heavy atom. The minimum atomic E-state index is 0.100. The smallest absolute Gasteiger partial charge is 0.0758 e. The summed E-state index contributed by atoms with van der Waals surface area (Å²) in [6, 6.07) is 2.37. The fraction of sp³-hybridized carbons (Fsp3) is 0.714. The first kappa shape index (κ1) is 16.7. The molecule has 2 saturated heterocycles. The van der Waals surface area contributed by atoms with Crippen LogP contribution in [0.4, 0.5) is 0 Å². The third-order valence-corrected chi connectivity index (χ3v) is 7.98. The largest absolute Gasteiger partial charge is 0.375 e. The zero-order valence-corrected chi connectivity index (χ0v) is 16.5. The second kappa shape index (κ2) is 7.20. The van der Waals surface area contributed by atoms with E-state index < -0.39 is 0 Å². The second-order valence-corrected chi connectivity index (χ2v) is 10.8. The van der Waals surface area contributed by atoms with Crippen LogP contribution in [0.2, 0.25) is 0 Å². The first-order chi connectivity index (χ1) is 10.1. The van der Waals surface area contributed by atoms with Crippen LogP contribution in [0.1, 0.15) is 37.3 Å². The van der Waals surface area contributed by atoms with Crippen LogP contribution in [-0.2, 0) is 4.74 Å². The maximum absolute atomic E-state index is 6.20. The van der Waals surface area contributed by atoms with E-state index in [4.69, 9.17) is 10.6 Å². The minimum absolute atomic E-state index is 0.100. The van der Waals surface area contributed by atoms with E-state index in [1.807, 2.05) is 11.8 Å². The first-order valence-electron chi connectivity index (χ1n) is 7.26. The number of thiophene rings is 1. The molecule has 0 amide bonds. The minimum Gasteiger partial charge on any atom is -0.375 e. The molecular weight excluding hydrogens is 436 g/mol. The quantitative estimate of drug-likeness (QED) is 0.521. The molecule has 3 N–H and O–H groups in total. The van der Waals surface area contributed by atoms with Gasteiger partial charge in [-0.1, -0.05) is 0 Å². The zero-order chi connectivity index (χ0) is 14.9. The number of hydrogen-bond donors (Lipinski definition) is 2. The molecule has 1 aromatic heterocycles. The molecule has 2 aliphatic heterocycles. The summed E-state index contributed by atoms with van der Waals surface area (Å²) in [4.78, 5) is 0. The predicted molar refractivity (Wildman–Crippen MR) is 97.7 cm³/mol. The lowest BCUT2D eigenvalue weighted by atomic mass is 9.77. The van der Waals surface area contributed by atoms with Gasteiger partial charge in [-0.05, 0) is 86.6 Å². The summed E-state index contributed by atoms with van der Waals surface area (Å²) >= 11 is 11.0. The van der Waals surface area contributed by atoms with Crippen molar-refractivity contribution >= 4 is 55.0 Å². The zero-order valence-electron chi connectivity index (χ0n) is 11.7. The summed E-state index contributed by atoms with van der Waals surface area (Å²) in [6.07, 6.45) is 4.55. The molecule has 3 heterocycles. The van der Waals surface area contributed by atoms with Crippen LogP contribution in [0.25, 0.3) is 0 Å². The molecule has 3 nitrogen and oxygen atoms in total. The lowest BCUT2D eigenvalue weighted by Crippen LogP contribution is -2.46. The standard InChI is InChI=1S/C14H20Br2N2OS2/c15-11-7-10(13(16)21-11)12(18-17)9-1-4-19-14(8-9)2-5-20-6-3-14/h7,9,12,18H,1-6,8,17H2. The predicted octanol–water partition coefficient (Wildman–Crippen LogP) is 4.47. The van der Waals surface area contributed by atoms with Gasteiger partial charge in [0.25, 0.3) is 0 Å². The molecule has 1 aromatic rings. The molecule has 2 unspecified atom stereocenters. The highest BCUT2D eigenvalue weighted by atomic mass is 79.9. The average molecular weight is 456 g/mol. The van der Waals surface area contributed by atoms with Crippen molar-refractivity contribution in [3.05, 3.63) is 19.2 Å². The number of halogens is 2. The summed E-state index contributed by atoms with van der Waals surface area (Å²) in [5.74, 6) is 8.88. The molecule has 118 valence electrons. The van der Waals surface area contributed by atoms with Gasteiger partial charge in [-0.15, -0.1) is 11.3 Å². The highest BCUT2D eigenvalue weighted by molar-refractivity contribution is 9.12. The van der Waals surface area contributed by atoms with E-state index in [-0.39, 0.29) is 11.6 Å². The molecular formula is C14H20Br2N2OS2. The molecule has 21 heavy (non-hydrogen) atoms. The van der Waals surface area contributed by atoms with Gasteiger partial charge in [-0.2, -0.15) is 11.8 Å². The first-order valence-corrected chi connectivity index (χ1v) is 10.8. The Labute approximate surface area is 151 Å². The van der Waals surface area contributed by atoms with Gasteiger partial charge in [0.1, 0.15) is 0 Å². The third kappa shape index (κ3) is 3.70. The maximum atomic E-state index is 6.20. The molecule has 0 bridgehead atoms. The Balaban J connectivity index is 1.78. The van der Waals surface area contributed by atoms with Crippen molar-refractivity contribution in [1.29, 1.82) is 0 Å². The number of rotatable bonds is 3. The van der Waals surface area contributed by atoms with Gasteiger partial charge in [0.05, 0.1) is 19.2 Å². The van der Waals surface area contributed by atoms with Crippen molar-refractivity contribution in [2.75, 3.05) is 18.1 Å². The molecule has 0 radical (unpaired) electrons. The molecule has 7 heteroatoms. The van der Waals surface area contributed by atoms with Crippen LogP contribution in [0.3, 0.4) is 0 Å². The van der Waals surface area contributed by atoms with Gasteiger partial charge in [0.2, 0.25) is 0 Å². The summed E-state index contributed by atoms with van der Waals surface area (Å²) in [5, 5.41) is 0. The normalized spacial score (nSPS) is 26.9. The summed E-state index contributed by atoms with van der Waals surface area (Å²) in [7, 11) is 0. The van der Waals surface area contributed by atoms with Gasteiger partial charge < -0.3 is 4.74 Å². The number of nitrogens with two attached hydrogens (primary N) is 1. The van der Waals surface area contributed by atoms with Crippen LogP contribution in [0.15, 0.2) is 13.6 Å². The molecule has 3 rings (SSSR count). The topological polar surface area (TPSA) is 47.3 Å². The van der Waals surface area contributed by atoms with E-state index >= 15 is 0 Å². The van der Waals surface area contributed by atoms with Crippen molar-refractivity contribution in [2.45, 2.75) is 37.3 Å². The van der Waals surface area contributed by atoms with Gasteiger partial charge >= 0.3 is 0 Å². The summed E-state index contributed by atoms with van der Waals surface area (Å²) in [6.45, 7) is 0.858. The number of hydrazine groups is 1. The van der Waals surface area contributed by atoms with Crippen molar-refractivity contribution < 1.29 is 4.74 Å². The Morgan fingerprint density at radius 3 is 2.76 bits per heavy atom. The second-order valence-electron chi connectivity index (χ2n) is 5.82. The van der Waals surface area contributed by atoms with E-state index in [0.717, 1.165) is 27.0 Å². The monoisotopic (exact) mass is 454 g/mol. The Hall–Kier alpha value is 0.890. The fourth-order valence-corrected chi connectivity index (χ4v) is 7.65. The lowest BCUT2D eigenvalue weighted by molar-refractivity contribution is -0.107. The third-order valence-electron chi connectivity index (χ3n) is 4.60. The van der Waals surface area contributed by atoms with Crippen LogP contribution >= 0.6 is 55.0 Å². The number of nitrogens with one attached hydrogen (secondary N) is 1. The highest BCUT2D eigenvalue weighted by Crippen LogP contribution is 2.46. The summed E-state index contributed by atoms with van der Waals surface area (Å²) in [5.41, 5.74) is 4.42. The maximum Gasteiger partial charge on any atom is 0.0758 e. The van der Waals surface area contributed by atoms with E-state index in [0.29, 0.717) is 5.92 Å². The highest BCUT2D eigenvalue weighted by Gasteiger charge is 2.41. The Bertz CT molecular complexity index is 486. The Kier molecular flexibility index (Phi) is 5.74. The van der Waals surface area contributed by atoms with Gasteiger partial charge in [-0.3, -0.25) is 11.3 Å². The molecule has 0 saturated carbocycles. The number of thioether (sulfide) groups is 1. The van der Waals surface area contributed by atoms with Gasteiger partial charge in [-0.25, -0.2) is 0 Å². The van der Waals surface area contributed by atoms with E-state index in [1.165, 1.54) is 29.9 Å². The SMILES string of the molecule is NNC(c1cc(Br)sc1Br)C1CCOC2(CCSCC2)C1. The van der Waals surface area contributed by atoms with Crippen molar-refractivity contribution in [1.82, 2.24) is 5.43 Å². The van der Waals surface area contributed by atoms with Crippen LogP contribution in [0, 0.1) is 5.92 Å². The fourth-order valence-electron chi connectivity index (χ4n) is 3.49. The van der Waals surface area contributed by atoms with Crippen LogP contribution in [0.5, 0.6) is 0 Å². The average Bonchev–Trinajstić information content (AvgIpc) is 2.80. The number of ether oxygens (including phenoxy) is 1. The molecule has 0 aromatic carbocycles. The van der Waals surface area contributed by atoms with Crippen molar-refractivity contribution in [2.24, 2.45) is 11.8 Å². The van der Waals surface area contributed by atoms with E-state index in [2.05, 4.69) is 43.4 Å². The van der Waals surface area contributed by atoms with Gasteiger partial charge in [0.15, 0.2) is 0 Å². The molecule has 2 atom stereocenters. The van der Waals surface area contributed by atoms with Crippen LogP contribution < -0.4 is 11.3 Å². The number of hydrogen-bond acceptors (Lipinski definition) is 5. The van der Waals surface area contributed by atoms with E-state index in [9.17, 15) is 0 Å². The molecule has 0 aliphatic carbocycles. The van der Waals surface area contributed by atoms with E-state index in [1.54, 1.807) is 11.3 Å². The molecule has 2 fully saturated rings. The molecule has 1 spiro atoms. The van der Waals surface area contributed by atoms with Gasteiger partial charge in [0, 0.05) is 6.61 Å². The van der Waals surface area contributed by atoms with Crippen molar-refractivity contribution in [3.63, 3.8) is 0 Å².